The molecule has 166 valence electrons. The molecule has 0 spiro atoms. The van der Waals surface area contributed by atoms with E-state index < -0.39 is 0 Å². The molecule has 0 amide bonds. The molecule has 0 heterocycles. The number of benzene rings is 4. The van der Waals surface area contributed by atoms with Crippen molar-refractivity contribution in [3.63, 3.8) is 0 Å². The van der Waals surface area contributed by atoms with Gasteiger partial charge in [-0.1, -0.05) is 118 Å². The molecule has 2 N–H and O–H groups in total. The number of hydrazone groups is 1. The predicted molar refractivity (Wildman–Crippen MR) is 140 cm³/mol. The fourth-order valence-corrected chi connectivity index (χ4v) is 3.93. The van der Waals surface area contributed by atoms with E-state index in [1.165, 1.54) is 22.3 Å². The number of nitrogens with zero attached hydrogens (tertiary/aromatic N) is 2. The van der Waals surface area contributed by atoms with Crippen LogP contribution < -0.4 is 10.7 Å². The minimum Gasteiger partial charge on any atom is -0.321 e. The van der Waals surface area contributed by atoms with Crippen molar-refractivity contribution >= 4 is 11.5 Å². The van der Waals surface area contributed by atoms with E-state index in [0.29, 0.717) is 6.54 Å². The Labute approximate surface area is 197 Å². The van der Waals surface area contributed by atoms with Crippen LogP contribution in [-0.2, 0) is 12.0 Å². The summed E-state index contributed by atoms with van der Waals surface area (Å²) in [6.45, 7) is 7.32. The van der Waals surface area contributed by atoms with E-state index in [1.54, 1.807) is 0 Å². The molecule has 4 rings (SSSR count). The monoisotopic (exact) mass is 433 g/mol. The fourth-order valence-electron chi connectivity index (χ4n) is 3.93. The summed E-state index contributed by atoms with van der Waals surface area (Å²) >= 11 is 0. The number of hydrogen-bond donors (Lipinski definition) is 1. The Hall–Kier alpha value is -3.85. The minimum absolute atomic E-state index is 0.0954. The molecule has 0 fully saturated rings. The summed E-state index contributed by atoms with van der Waals surface area (Å²) in [6.07, 6.45) is 0. The second-order valence-electron chi connectivity index (χ2n) is 9.26. The highest BCUT2D eigenvalue weighted by Crippen LogP contribution is 2.26. The van der Waals surface area contributed by atoms with E-state index in [4.69, 9.17) is 5.84 Å². The zero-order chi connectivity index (χ0) is 23.3. The lowest BCUT2D eigenvalue weighted by atomic mass is 9.86. The summed E-state index contributed by atoms with van der Waals surface area (Å²) < 4.78 is 0. The number of amidine groups is 1. The van der Waals surface area contributed by atoms with Crippen LogP contribution in [0.15, 0.2) is 114 Å². The maximum atomic E-state index is 5.97. The highest BCUT2D eigenvalue weighted by molar-refractivity contribution is 6.09. The van der Waals surface area contributed by atoms with Crippen molar-refractivity contribution in [3.8, 4) is 11.1 Å². The molecule has 4 aromatic rings. The Morgan fingerprint density at radius 2 is 1.24 bits per heavy atom. The van der Waals surface area contributed by atoms with E-state index >= 15 is 0 Å². The van der Waals surface area contributed by atoms with Crippen LogP contribution in [0.3, 0.4) is 0 Å². The number of anilines is 1. The van der Waals surface area contributed by atoms with Crippen molar-refractivity contribution in [1.82, 2.24) is 0 Å². The van der Waals surface area contributed by atoms with Gasteiger partial charge < -0.3 is 10.7 Å². The normalized spacial score (nSPS) is 11.9. The summed E-state index contributed by atoms with van der Waals surface area (Å²) in [5, 5.41) is 4.23. The van der Waals surface area contributed by atoms with Gasteiger partial charge in [-0.25, -0.2) is 0 Å². The Morgan fingerprint density at radius 1 is 0.697 bits per heavy atom. The third-order valence-electron chi connectivity index (χ3n) is 5.86. The van der Waals surface area contributed by atoms with Gasteiger partial charge in [-0.3, -0.25) is 0 Å². The third-order valence-corrected chi connectivity index (χ3v) is 5.86. The first-order chi connectivity index (χ1) is 16.0. The lowest BCUT2D eigenvalue weighted by Crippen LogP contribution is -2.32. The molecule has 33 heavy (non-hydrogen) atoms. The highest BCUT2D eigenvalue weighted by Gasteiger charge is 2.19. The second kappa shape index (κ2) is 9.74. The first-order valence-electron chi connectivity index (χ1n) is 11.3. The number of nitrogens with two attached hydrogens (primary N) is 1. The van der Waals surface area contributed by atoms with E-state index in [1.807, 2.05) is 24.3 Å². The van der Waals surface area contributed by atoms with Gasteiger partial charge in [0.1, 0.15) is 0 Å². The minimum atomic E-state index is 0.0954. The second-order valence-corrected chi connectivity index (χ2v) is 9.26. The molecule has 3 nitrogen and oxygen atoms in total. The standard InChI is InChI=1S/C30H31N3/c1-30(2,3)27-20-18-26(19-21-27)29(32-31)33(28-12-8-5-9-13-28)22-23-14-16-25(17-15-23)24-10-6-4-7-11-24/h4-21H,22,31H2,1-3H3/b32-29-. The van der Waals surface area contributed by atoms with Crippen LogP contribution in [0.2, 0.25) is 0 Å². The number of hydrogen-bond acceptors (Lipinski definition) is 2. The molecular weight excluding hydrogens is 402 g/mol. The Morgan fingerprint density at radius 3 is 1.79 bits per heavy atom. The van der Waals surface area contributed by atoms with Crippen molar-refractivity contribution in [2.75, 3.05) is 4.90 Å². The SMILES string of the molecule is CC(C)(C)c1ccc(/C(=N/N)N(Cc2ccc(-c3ccccc3)cc2)c2ccccc2)cc1. The van der Waals surface area contributed by atoms with Crippen LogP contribution in [-0.4, -0.2) is 5.84 Å². The van der Waals surface area contributed by atoms with E-state index in [0.717, 1.165) is 17.1 Å². The molecule has 0 aliphatic rings. The van der Waals surface area contributed by atoms with Gasteiger partial charge >= 0.3 is 0 Å². The molecule has 0 aliphatic carbocycles. The van der Waals surface area contributed by atoms with Gasteiger partial charge in [0, 0.05) is 17.8 Å². The van der Waals surface area contributed by atoms with Crippen LogP contribution in [0, 0.1) is 0 Å². The van der Waals surface area contributed by atoms with Crippen molar-refractivity contribution in [3.05, 3.63) is 126 Å². The van der Waals surface area contributed by atoms with Gasteiger partial charge in [-0.2, -0.15) is 5.10 Å². The van der Waals surface area contributed by atoms with E-state index in [9.17, 15) is 0 Å². The van der Waals surface area contributed by atoms with Gasteiger partial charge in [-0.05, 0) is 39.8 Å². The van der Waals surface area contributed by atoms with Crippen LogP contribution >= 0.6 is 0 Å². The summed E-state index contributed by atoms with van der Waals surface area (Å²) in [5.74, 6) is 6.71. The van der Waals surface area contributed by atoms with Crippen LogP contribution in [0.5, 0.6) is 0 Å². The topological polar surface area (TPSA) is 41.6 Å². The highest BCUT2D eigenvalue weighted by atomic mass is 15.3. The Bertz CT molecular complexity index is 1190. The van der Waals surface area contributed by atoms with Crippen molar-refractivity contribution in [2.45, 2.75) is 32.7 Å². The molecule has 4 aromatic carbocycles. The van der Waals surface area contributed by atoms with Crippen molar-refractivity contribution in [2.24, 2.45) is 10.9 Å². The summed E-state index contributed by atoms with van der Waals surface area (Å²) in [4.78, 5) is 2.17. The quantitative estimate of drug-likeness (QED) is 0.160. The molecule has 0 bridgehead atoms. The van der Waals surface area contributed by atoms with Gasteiger partial charge in [0.15, 0.2) is 5.84 Å². The van der Waals surface area contributed by atoms with Crippen LogP contribution in [0.1, 0.15) is 37.5 Å². The smallest absolute Gasteiger partial charge is 0.160 e. The molecule has 0 saturated carbocycles. The lowest BCUT2D eigenvalue weighted by Gasteiger charge is -2.27. The summed E-state index contributed by atoms with van der Waals surface area (Å²) in [7, 11) is 0. The van der Waals surface area contributed by atoms with Crippen molar-refractivity contribution < 1.29 is 0 Å². The number of rotatable bonds is 5. The van der Waals surface area contributed by atoms with E-state index in [2.05, 4.69) is 116 Å². The molecular formula is C30H31N3. The van der Waals surface area contributed by atoms with Crippen LogP contribution in [0.4, 0.5) is 5.69 Å². The average Bonchev–Trinajstić information content (AvgIpc) is 2.85. The largest absolute Gasteiger partial charge is 0.321 e. The molecule has 0 saturated heterocycles. The molecule has 0 radical (unpaired) electrons. The third kappa shape index (κ3) is 5.32. The first-order valence-corrected chi connectivity index (χ1v) is 11.3. The van der Waals surface area contributed by atoms with Crippen LogP contribution in [0.25, 0.3) is 11.1 Å². The van der Waals surface area contributed by atoms with Crippen molar-refractivity contribution in [1.29, 1.82) is 0 Å². The van der Waals surface area contributed by atoms with Gasteiger partial charge in [0.25, 0.3) is 0 Å². The summed E-state index contributed by atoms with van der Waals surface area (Å²) in [6, 6.07) is 38.0. The maximum Gasteiger partial charge on any atom is 0.160 e. The zero-order valence-corrected chi connectivity index (χ0v) is 19.6. The molecule has 0 aliphatic heterocycles. The Balaban J connectivity index is 1.65. The average molecular weight is 434 g/mol. The Kier molecular flexibility index (Phi) is 6.60. The molecule has 3 heteroatoms. The van der Waals surface area contributed by atoms with E-state index in [-0.39, 0.29) is 5.41 Å². The molecule has 0 atom stereocenters. The molecule has 0 unspecified atom stereocenters. The van der Waals surface area contributed by atoms with Gasteiger partial charge in [0.05, 0.1) is 0 Å². The predicted octanol–water partition coefficient (Wildman–Crippen LogP) is 6.98. The fraction of sp³-hybridized carbons (Fsp3) is 0.167. The maximum absolute atomic E-state index is 5.97. The van der Waals surface area contributed by atoms with Gasteiger partial charge in [0.2, 0.25) is 0 Å². The number of para-hydroxylation sites is 1. The summed E-state index contributed by atoms with van der Waals surface area (Å²) in [5.41, 5.74) is 7.03. The van der Waals surface area contributed by atoms with Gasteiger partial charge in [-0.15, -0.1) is 0 Å². The first kappa shape index (κ1) is 22.3. The molecule has 0 aromatic heterocycles. The lowest BCUT2D eigenvalue weighted by molar-refractivity contribution is 0.590. The zero-order valence-electron chi connectivity index (χ0n) is 19.6.